The highest BCUT2D eigenvalue weighted by atomic mass is 16.5. The molecule has 1 atom stereocenters. The van der Waals surface area contributed by atoms with Crippen LogP contribution < -0.4 is 15.2 Å². The molecule has 0 aliphatic heterocycles. The first-order valence-electron chi connectivity index (χ1n) is 10.4. The quantitative estimate of drug-likeness (QED) is 0.353. The molecular formula is C25H28N2O4. The summed E-state index contributed by atoms with van der Waals surface area (Å²) in [5.74, 6) is 1.63. The Labute approximate surface area is 183 Å². The average Bonchev–Trinajstić information content (AvgIpc) is 2.81. The van der Waals surface area contributed by atoms with Crippen LogP contribution in [0.25, 0.3) is 0 Å². The Balaban J connectivity index is 1.55. The molecule has 3 aromatic rings. The Morgan fingerprint density at radius 1 is 1.00 bits per heavy atom. The van der Waals surface area contributed by atoms with Gasteiger partial charge in [0.05, 0.1) is 25.8 Å². The van der Waals surface area contributed by atoms with Crippen LogP contribution in [0.2, 0.25) is 0 Å². The molecule has 2 N–H and O–H groups in total. The molecule has 0 amide bonds. The zero-order chi connectivity index (χ0) is 21.9. The minimum Gasteiger partial charge on any atom is -0.493 e. The van der Waals surface area contributed by atoms with E-state index in [0.717, 1.165) is 30.5 Å². The van der Waals surface area contributed by atoms with Gasteiger partial charge in [-0.25, -0.2) is 0 Å². The SMILES string of the molecule is COC(=O)Cc1ccc(OCCCCC(N)c2ccccn2)cc1Oc1ccccc1. The van der Waals surface area contributed by atoms with Gasteiger partial charge in [-0.2, -0.15) is 0 Å². The Hall–Kier alpha value is -3.38. The number of benzene rings is 2. The van der Waals surface area contributed by atoms with Gasteiger partial charge in [-0.05, 0) is 49.6 Å². The summed E-state index contributed by atoms with van der Waals surface area (Å²) in [5.41, 5.74) is 7.84. The molecule has 0 spiro atoms. The Bertz CT molecular complexity index is 948. The summed E-state index contributed by atoms with van der Waals surface area (Å²) in [6, 6.07) is 20.6. The maximum Gasteiger partial charge on any atom is 0.310 e. The highest BCUT2D eigenvalue weighted by molar-refractivity contribution is 5.73. The number of rotatable bonds is 11. The number of esters is 1. The molecule has 0 fully saturated rings. The Kier molecular flexibility index (Phi) is 8.43. The molecule has 1 aromatic heterocycles. The van der Waals surface area contributed by atoms with E-state index in [2.05, 4.69) is 4.98 Å². The number of ether oxygens (including phenoxy) is 3. The molecular weight excluding hydrogens is 392 g/mol. The van der Waals surface area contributed by atoms with Crippen LogP contribution in [0, 0.1) is 0 Å². The van der Waals surface area contributed by atoms with E-state index < -0.39 is 0 Å². The maximum atomic E-state index is 11.7. The van der Waals surface area contributed by atoms with E-state index in [0.29, 0.717) is 23.9 Å². The van der Waals surface area contributed by atoms with Crippen LogP contribution in [0.4, 0.5) is 0 Å². The Morgan fingerprint density at radius 3 is 2.55 bits per heavy atom. The van der Waals surface area contributed by atoms with Gasteiger partial charge in [0.2, 0.25) is 0 Å². The second-order valence-corrected chi connectivity index (χ2v) is 7.14. The minimum absolute atomic E-state index is 0.0651. The lowest BCUT2D eigenvalue weighted by molar-refractivity contribution is -0.139. The predicted molar refractivity (Wildman–Crippen MR) is 119 cm³/mol. The maximum absolute atomic E-state index is 11.7. The van der Waals surface area contributed by atoms with E-state index >= 15 is 0 Å². The molecule has 0 saturated carbocycles. The smallest absolute Gasteiger partial charge is 0.310 e. The van der Waals surface area contributed by atoms with Gasteiger partial charge in [-0.3, -0.25) is 9.78 Å². The van der Waals surface area contributed by atoms with Crippen molar-refractivity contribution in [1.29, 1.82) is 0 Å². The molecule has 0 aliphatic rings. The number of pyridine rings is 1. The first-order valence-corrected chi connectivity index (χ1v) is 10.4. The molecule has 0 bridgehead atoms. The zero-order valence-electron chi connectivity index (χ0n) is 17.7. The number of methoxy groups -OCH3 is 1. The summed E-state index contributed by atoms with van der Waals surface area (Å²) < 4.78 is 16.7. The second-order valence-electron chi connectivity index (χ2n) is 7.14. The van der Waals surface area contributed by atoms with Crippen molar-refractivity contribution in [2.45, 2.75) is 31.7 Å². The average molecular weight is 421 g/mol. The summed E-state index contributed by atoms with van der Waals surface area (Å²) in [6.07, 6.45) is 4.55. The van der Waals surface area contributed by atoms with E-state index in [1.807, 2.05) is 66.7 Å². The topological polar surface area (TPSA) is 83.7 Å². The van der Waals surface area contributed by atoms with Gasteiger partial charge in [-0.15, -0.1) is 0 Å². The monoisotopic (exact) mass is 420 g/mol. The van der Waals surface area contributed by atoms with Crippen molar-refractivity contribution < 1.29 is 19.0 Å². The van der Waals surface area contributed by atoms with Gasteiger partial charge in [0.25, 0.3) is 0 Å². The van der Waals surface area contributed by atoms with Gasteiger partial charge in [0, 0.05) is 23.9 Å². The standard InChI is InChI=1S/C25H28N2O4/c1-29-25(28)17-19-13-14-21(18-24(19)31-20-9-3-2-4-10-20)30-16-8-6-11-22(26)23-12-5-7-15-27-23/h2-5,7,9-10,12-15,18,22H,6,8,11,16-17,26H2,1H3. The largest absolute Gasteiger partial charge is 0.493 e. The molecule has 6 nitrogen and oxygen atoms in total. The molecule has 2 aromatic carbocycles. The van der Waals surface area contributed by atoms with Gasteiger partial charge in [0.15, 0.2) is 0 Å². The number of para-hydroxylation sites is 1. The zero-order valence-corrected chi connectivity index (χ0v) is 17.7. The molecule has 0 radical (unpaired) electrons. The van der Waals surface area contributed by atoms with Gasteiger partial charge in [0.1, 0.15) is 17.2 Å². The third-order valence-electron chi connectivity index (χ3n) is 4.82. The number of hydrogen-bond donors (Lipinski definition) is 1. The van der Waals surface area contributed by atoms with Crippen LogP contribution in [0.5, 0.6) is 17.2 Å². The molecule has 0 aliphatic carbocycles. The summed E-state index contributed by atoms with van der Waals surface area (Å²) in [4.78, 5) is 16.0. The van der Waals surface area contributed by atoms with Gasteiger partial charge >= 0.3 is 5.97 Å². The number of carbonyl (C=O) groups excluding carboxylic acids is 1. The number of nitrogens with zero attached hydrogens (tertiary/aromatic N) is 1. The predicted octanol–water partition coefficient (Wildman–Crippen LogP) is 4.84. The molecule has 3 rings (SSSR count). The number of carbonyl (C=O) groups is 1. The lowest BCUT2D eigenvalue weighted by Crippen LogP contribution is -2.12. The minimum atomic E-state index is -0.323. The highest BCUT2D eigenvalue weighted by Gasteiger charge is 2.12. The molecule has 1 heterocycles. The third-order valence-corrected chi connectivity index (χ3v) is 4.82. The van der Waals surface area contributed by atoms with E-state index in [1.165, 1.54) is 7.11 Å². The number of hydrogen-bond acceptors (Lipinski definition) is 6. The fraction of sp³-hybridized carbons (Fsp3) is 0.280. The van der Waals surface area contributed by atoms with E-state index in [1.54, 1.807) is 6.20 Å². The lowest BCUT2D eigenvalue weighted by Gasteiger charge is -2.14. The van der Waals surface area contributed by atoms with Crippen molar-refractivity contribution in [2.75, 3.05) is 13.7 Å². The first-order chi connectivity index (χ1) is 15.2. The van der Waals surface area contributed by atoms with Crippen molar-refractivity contribution in [2.24, 2.45) is 5.73 Å². The van der Waals surface area contributed by atoms with Crippen LogP contribution >= 0.6 is 0 Å². The van der Waals surface area contributed by atoms with E-state index in [9.17, 15) is 4.79 Å². The van der Waals surface area contributed by atoms with Crippen LogP contribution in [-0.4, -0.2) is 24.7 Å². The molecule has 162 valence electrons. The number of nitrogens with two attached hydrogens (primary N) is 1. The first kappa shape index (κ1) is 22.3. The second kappa shape index (κ2) is 11.7. The van der Waals surface area contributed by atoms with Crippen molar-refractivity contribution >= 4 is 5.97 Å². The Morgan fingerprint density at radius 2 is 1.81 bits per heavy atom. The van der Waals surface area contributed by atoms with Crippen molar-refractivity contribution in [3.8, 4) is 17.2 Å². The molecule has 0 saturated heterocycles. The van der Waals surface area contributed by atoms with Crippen LogP contribution in [0.1, 0.15) is 36.6 Å². The highest BCUT2D eigenvalue weighted by Crippen LogP contribution is 2.30. The molecule has 1 unspecified atom stereocenters. The van der Waals surface area contributed by atoms with E-state index in [-0.39, 0.29) is 18.4 Å². The fourth-order valence-electron chi connectivity index (χ4n) is 3.11. The van der Waals surface area contributed by atoms with Crippen molar-refractivity contribution in [1.82, 2.24) is 4.98 Å². The number of aromatic nitrogens is 1. The summed E-state index contributed by atoms with van der Waals surface area (Å²) in [6.45, 7) is 0.566. The lowest BCUT2D eigenvalue weighted by atomic mass is 10.1. The fourth-order valence-corrected chi connectivity index (χ4v) is 3.11. The van der Waals surface area contributed by atoms with Gasteiger partial charge in [-0.1, -0.05) is 30.3 Å². The third kappa shape index (κ3) is 7.12. The normalized spacial score (nSPS) is 11.5. The molecule has 6 heteroatoms. The van der Waals surface area contributed by atoms with Crippen molar-refractivity contribution in [3.63, 3.8) is 0 Å². The summed E-state index contributed by atoms with van der Waals surface area (Å²) in [7, 11) is 1.37. The van der Waals surface area contributed by atoms with E-state index in [4.69, 9.17) is 19.9 Å². The summed E-state index contributed by atoms with van der Waals surface area (Å²) >= 11 is 0. The van der Waals surface area contributed by atoms with Crippen molar-refractivity contribution in [3.05, 3.63) is 84.2 Å². The van der Waals surface area contributed by atoms with Crippen LogP contribution in [0.3, 0.4) is 0 Å². The van der Waals surface area contributed by atoms with Crippen LogP contribution in [0.15, 0.2) is 72.9 Å². The molecule has 31 heavy (non-hydrogen) atoms. The van der Waals surface area contributed by atoms with Gasteiger partial charge < -0.3 is 19.9 Å². The van der Waals surface area contributed by atoms with Crippen LogP contribution in [-0.2, 0) is 16.0 Å². The number of unbranched alkanes of at least 4 members (excludes halogenated alkanes) is 1. The summed E-state index contributed by atoms with van der Waals surface area (Å²) in [5, 5.41) is 0.